The molecule has 0 amide bonds. The van der Waals surface area contributed by atoms with Crippen molar-refractivity contribution >= 4 is 23.4 Å². The molecule has 0 fully saturated rings. The molecule has 1 atom stereocenters. The lowest BCUT2D eigenvalue weighted by Gasteiger charge is -2.25. The third-order valence-corrected chi connectivity index (χ3v) is 3.42. The monoisotopic (exact) mass is 254 g/mol. The van der Waals surface area contributed by atoms with Crippen molar-refractivity contribution in [2.45, 2.75) is 26.3 Å². The third kappa shape index (κ3) is 4.42. The van der Waals surface area contributed by atoms with Gasteiger partial charge in [-0.1, -0.05) is 0 Å². The summed E-state index contributed by atoms with van der Waals surface area (Å²) in [4.78, 5) is 10.7. The smallest absolute Gasteiger partial charge is 0.134 e. The van der Waals surface area contributed by atoms with Crippen LogP contribution in [0.15, 0.2) is 12.4 Å². The Bertz CT molecular complexity index is 332. The highest BCUT2D eigenvalue weighted by Crippen LogP contribution is 2.17. The van der Waals surface area contributed by atoms with Crippen LogP contribution >= 0.6 is 11.8 Å². The van der Waals surface area contributed by atoms with Crippen LogP contribution in [0, 0.1) is 0 Å². The third-order valence-electron chi connectivity index (χ3n) is 2.77. The average Bonchev–Trinajstić information content (AvgIpc) is 2.35. The molecule has 1 N–H and O–H groups in total. The maximum atomic E-state index is 4.32. The van der Waals surface area contributed by atoms with Crippen LogP contribution < -0.4 is 10.2 Å². The molecule has 0 saturated heterocycles. The second kappa shape index (κ2) is 7.37. The Morgan fingerprint density at radius 2 is 2.24 bits per heavy atom. The van der Waals surface area contributed by atoms with E-state index in [1.54, 1.807) is 6.33 Å². The minimum atomic E-state index is 0.492. The van der Waals surface area contributed by atoms with Gasteiger partial charge in [-0.15, -0.1) is 0 Å². The standard InChI is InChI=1S/C12H22N4S/c1-5-13-11-8-12(15-9-14-11)16(3)10(2)6-7-17-4/h8-10H,5-7H2,1-4H3,(H,13,14,15). The van der Waals surface area contributed by atoms with Crippen LogP contribution in [0.5, 0.6) is 0 Å². The summed E-state index contributed by atoms with van der Waals surface area (Å²) in [6.45, 7) is 5.17. The summed E-state index contributed by atoms with van der Waals surface area (Å²) in [5.74, 6) is 3.04. The Morgan fingerprint density at radius 3 is 2.88 bits per heavy atom. The van der Waals surface area contributed by atoms with Gasteiger partial charge in [0.15, 0.2) is 0 Å². The molecule has 17 heavy (non-hydrogen) atoms. The molecule has 4 nitrogen and oxygen atoms in total. The largest absolute Gasteiger partial charge is 0.370 e. The maximum Gasteiger partial charge on any atom is 0.134 e. The fourth-order valence-corrected chi connectivity index (χ4v) is 2.10. The summed E-state index contributed by atoms with van der Waals surface area (Å²) >= 11 is 1.88. The second-order valence-corrected chi connectivity index (χ2v) is 5.02. The summed E-state index contributed by atoms with van der Waals surface area (Å²) in [6, 6.07) is 2.49. The Labute approximate surface area is 108 Å². The van der Waals surface area contributed by atoms with Gasteiger partial charge in [-0.05, 0) is 32.3 Å². The lowest BCUT2D eigenvalue weighted by Crippen LogP contribution is -2.30. The van der Waals surface area contributed by atoms with Crippen molar-refractivity contribution in [3.05, 3.63) is 12.4 Å². The number of hydrogen-bond acceptors (Lipinski definition) is 5. The number of nitrogens with zero attached hydrogens (tertiary/aromatic N) is 3. The lowest BCUT2D eigenvalue weighted by molar-refractivity contribution is 0.661. The number of aromatic nitrogens is 2. The van der Waals surface area contributed by atoms with Crippen molar-refractivity contribution in [1.29, 1.82) is 0 Å². The molecule has 0 aliphatic carbocycles. The predicted octanol–water partition coefficient (Wildman–Crippen LogP) is 2.49. The fourth-order valence-electron chi connectivity index (χ4n) is 1.53. The fraction of sp³-hybridized carbons (Fsp3) is 0.667. The van der Waals surface area contributed by atoms with Crippen molar-refractivity contribution in [3.63, 3.8) is 0 Å². The van der Waals surface area contributed by atoms with E-state index in [9.17, 15) is 0 Å². The molecule has 1 unspecified atom stereocenters. The Hall–Kier alpha value is -0.970. The Kier molecular flexibility index (Phi) is 6.11. The molecule has 0 radical (unpaired) electrons. The van der Waals surface area contributed by atoms with Crippen molar-refractivity contribution in [3.8, 4) is 0 Å². The molecule has 96 valence electrons. The number of hydrogen-bond donors (Lipinski definition) is 1. The first-order valence-electron chi connectivity index (χ1n) is 5.96. The molecular weight excluding hydrogens is 232 g/mol. The van der Waals surface area contributed by atoms with Gasteiger partial charge in [-0.25, -0.2) is 9.97 Å². The van der Waals surface area contributed by atoms with Crippen LogP contribution in [0.4, 0.5) is 11.6 Å². The highest BCUT2D eigenvalue weighted by Gasteiger charge is 2.11. The van der Waals surface area contributed by atoms with E-state index in [0.717, 1.165) is 24.6 Å². The summed E-state index contributed by atoms with van der Waals surface area (Å²) < 4.78 is 0. The Morgan fingerprint density at radius 1 is 1.47 bits per heavy atom. The topological polar surface area (TPSA) is 41.0 Å². The van der Waals surface area contributed by atoms with Gasteiger partial charge in [-0.2, -0.15) is 11.8 Å². The van der Waals surface area contributed by atoms with Gasteiger partial charge in [0.05, 0.1) is 0 Å². The molecule has 5 heteroatoms. The van der Waals surface area contributed by atoms with Gasteiger partial charge < -0.3 is 10.2 Å². The molecule has 0 spiro atoms. The van der Waals surface area contributed by atoms with Gasteiger partial charge in [-0.3, -0.25) is 0 Å². The molecule has 0 aliphatic heterocycles. The quantitative estimate of drug-likeness (QED) is 0.809. The molecule has 1 aromatic rings. The van der Waals surface area contributed by atoms with E-state index in [1.807, 2.05) is 17.8 Å². The molecule has 0 saturated carbocycles. The zero-order chi connectivity index (χ0) is 12.7. The highest BCUT2D eigenvalue weighted by molar-refractivity contribution is 7.98. The van der Waals surface area contributed by atoms with E-state index in [2.05, 4.69) is 47.3 Å². The normalized spacial score (nSPS) is 12.2. The second-order valence-electron chi connectivity index (χ2n) is 4.03. The van der Waals surface area contributed by atoms with Gasteiger partial charge >= 0.3 is 0 Å². The number of anilines is 2. The van der Waals surface area contributed by atoms with Crippen LogP contribution in [0.3, 0.4) is 0 Å². The van der Waals surface area contributed by atoms with Crippen LogP contribution in [-0.2, 0) is 0 Å². The molecule has 1 rings (SSSR count). The van der Waals surface area contributed by atoms with Gasteiger partial charge in [0.1, 0.15) is 18.0 Å². The zero-order valence-corrected chi connectivity index (χ0v) is 11.9. The average molecular weight is 254 g/mol. The summed E-state index contributed by atoms with van der Waals surface area (Å²) in [6.07, 6.45) is 4.92. The van der Waals surface area contributed by atoms with E-state index in [1.165, 1.54) is 5.75 Å². The first-order valence-corrected chi connectivity index (χ1v) is 7.36. The lowest BCUT2D eigenvalue weighted by atomic mass is 10.2. The first-order chi connectivity index (χ1) is 8.19. The highest BCUT2D eigenvalue weighted by atomic mass is 32.2. The van der Waals surface area contributed by atoms with Gasteiger partial charge in [0.25, 0.3) is 0 Å². The molecule has 0 bridgehead atoms. The van der Waals surface area contributed by atoms with E-state index in [-0.39, 0.29) is 0 Å². The molecule has 1 aromatic heterocycles. The van der Waals surface area contributed by atoms with Crippen molar-refractivity contribution < 1.29 is 0 Å². The molecule has 1 heterocycles. The van der Waals surface area contributed by atoms with Crippen LogP contribution in [0.1, 0.15) is 20.3 Å². The van der Waals surface area contributed by atoms with Crippen LogP contribution in [0.25, 0.3) is 0 Å². The molecule has 0 aliphatic rings. The number of thioether (sulfide) groups is 1. The van der Waals surface area contributed by atoms with E-state index >= 15 is 0 Å². The predicted molar refractivity (Wildman–Crippen MR) is 77.1 cm³/mol. The SMILES string of the molecule is CCNc1cc(N(C)C(C)CCSC)ncn1. The maximum absolute atomic E-state index is 4.32. The molecular formula is C12H22N4S. The number of nitrogens with one attached hydrogen (secondary N) is 1. The zero-order valence-electron chi connectivity index (χ0n) is 11.1. The van der Waals surface area contributed by atoms with Crippen LogP contribution in [-0.4, -0.2) is 41.6 Å². The van der Waals surface area contributed by atoms with Crippen molar-refractivity contribution in [2.75, 3.05) is 35.8 Å². The summed E-state index contributed by atoms with van der Waals surface area (Å²) in [5.41, 5.74) is 0. The summed E-state index contributed by atoms with van der Waals surface area (Å²) in [7, 11) is 2.09. The van der Waals surface area contributed by atoms with Gasteiger partial charge in [0, 0.05) is 25.7 Å². The minimum absolute atomic E-state index is 0.492. The number of rotatable bonds is 7. The van der Waals surface area contributed by atoms with Gasteiger partial charge in [0.2, 0.25) is 0 Å². The van der Waals surface area contributed by atoms with Crippen molar-refractivity contribution in [1.82, 2.24) is 9.97 Å². The first kappa shape index (κ1) is 14.1. The van der Waals surface area contributed by atoms with Crippen molar-refractivity contribution in [2.24, 2.45) is 0 Å². The molecule has 0 aromatic carbocycles. The summed E-state index contributed by atoms with van der Waals surface area (Å²) in [5, 5.41) is 3.20. The van der Waals surface area contributed by atoms with E-state index in [4.69, 9.17) is 0 Å². The van der Waals surface area contributed by atoms with Crippen LogP contribution in [0.2, 0.25) is 0 Å². The van der Waals surface area contributed by atoms with E-state index < -0.39 is 0 Å². The van der Waals surface area contributed by atoms with E-state index in [0.29, 0.717) is 6.04 Å². The Balaban J connectivity index is 2.66. The minimum Gasteiger partial charge on any atom is -0.370 e.